The second-order valence-electron chi connectivity index (χ2n) is 6.74. The molecule has 0 radical (unpaired) electrons. The van der Waals surface area contributed by atoms with Gasteiger partial charge in [0.25, 0.3) is 0 Å². The highest BCUT2D eigenvalue weighted by atomic mass is 32.2. The summed E-state index contributed by atoms with van der Waals surface area (Å²) in [4.78, 5) is 18.4. The summed E-state index contributed by atoms with van der Waals surface area (Å²) in [5.74, 6) is 3.46. The van der Waals surface area contributed by atoms with Gasteiger partial charge in [0.05, 0.1) is 25.8 Å². The lowest BCUT2D eigenvalue weighted by atomic mass is 9.94. The van der Waals surface area contributed by atoms with E-state index < -0.39 is 0 Å². The van der Waals surface area contributed by atoms with Crippen molar-refractivity contribution in [1.29, 1.82) is 0 Å². The summed E-state index contributed by atoms with van der Waals surface area (Å²) in [6.45, 7) is 9.36. The largest absolute Gasteiger partial charge is 0.469 e. The number of aromatic nitrogens is 1. The molecule has 0 saturated carbocycles. The maximum atomic E-state index is 11.6. The lowest BCUT2D eigenvalue weighted by Gasteiger charge is -2.37. The van der Waals surface area contributed by atoms with Gasteiger partial charge in [-0.1, -0.05) is 20.8 Å². The maximum absolute atomic E-state index is 11.6. The second kappa shape index (κ2) is 7.04. The Morgan fingerprint density at radius 3 is 2.91 bits per heavy atom. The van der Waals surface area contributed by atoms with Crippen molar-refractivity contribution >= 4 is 17.7 Å². The average molecular weight is 326 g/mol. The van der Waals surface area contributed by atoms with Crippen molar-refractivity contribution in [1.82, 2.24) is 9.88 Å². The average Bonchev–Trinajstić information content (AvgIpc) is 2.97. The van der Waals surface area contributed by atoms with Crippen LogP contribution in [0.3, 0.4) is 0 Å². The van der Waals surface area contributed by atoms with E-state index in [2.05, 4.69) is 37.6 Å². The van der Waals surface area contributed by atoms with Gasteiger partial charge < -0.3 is 9.15 Å². The lowest BCUT2D eigenvalue weighted by molar-refractivity contribution is -0.142. The Labute approximate surface area is 136 Å². The van der Waals surface area contributed by atoms with Crippen molar-refractivity contribution in [3.63, 3.8) is 0 Å². The second-order valence-corrected chi connectivity index (χ2v) is 7.89. The highest BCUT2D eigenvalue weighted by molar-refractivity contribution is 7.99. The molecule has 1 aliphatic heterocycles. The summed E-state index contributed by atoms with van der Waals surface area (Å²) < 4.78 is 10.8. The number of thioether (sulfide) groups is 1. The predicted molar refractivity (Wildman–Crippen MR) is 88.1 cm³/mol. The van der Waals surface area contributed by atoms with Crippen molar-refractivity contribution in [2.24, 2.45) is 0 Å². The zero-order valence-electron chi connectivity index (χ0n) is 14.1. The molecule has 1 saturated heterocycles. The van der Waals surface area contributed by atoms with E-state index in [-0.39, 0.29) is 23.5 Å². The van der Waals surface area contributed by atoms with Gasteiger partial charge in [-0.15, -0.1) is 0 Å². The first-order valence-corrected chi connectivity index (χ1v) is 8.85. The SMILES string of the molecule is COC(=O)C[C@H]1CSCCN1[C@@H](C)c1ncc(C(C)(C)C)o1. The molecule has 6 heteroatoms. The van der Waals surface area contributed by atoms with Gasteiger partial charge in [0.15, 0.2) is 0 Å². The van der Waals surface area contributed by atoms with Gasteiger partial charge in [-0.25, -0.2) is 4.98 Å². The van der Waals surface area contributed by atoms with Crippen LogP contribution in [-0.2, 0) is 14.9 Å². The van der Waals surface area contributed by atoms with E-state index in [0.717, 1.165) is 29.7 Å². The molecule has 5 nitrogen and oxygen atoms in total. The van der Waals surface area contributed by atoms with E-state index in [1.54, 1.807) is 0 Å². The number of hydrogen-bond acceptors (Lipinski definition) is 6. The molecule has 0 bridgehead atoms. The molecule has 0 N–H and O–H groups in total. The number of methoxy groups -OCH3 is 1. The first-order valence-electron chi connectivity index (χ1n) is 7.69. The van der Waals surface area contributed by atoms with Crippen LogP contribution < -0.4 is 0 Å². The van der Waals surface area contributed by atoms with Gasteiger partial charge in [0.1, 0.15) is 5.76 Å². The van der Waals surface area contributed by atoms with Crippen LogP contribution in [0.4, 0.5) is 0 Å². The molecular weight excluding hydrogens is 300 g/mol. The fraction of sp³-hybridized carbons (Fsp3) is 0.750. The van der Waals surface area contributed by atoms with Crippen molar-refractivity contribution < 1.29 is 13.9 Å². The normalized spacial score (nSPS) is 21.6. The molecule has 2 heterocycles. The third kappa shape index (κ3) is 4.04. The van der Waals surface area contributed by atoms with Crippen molar-refractivity contribution in [2.45, 2.75) is 51.6 Å². The van der Waals surface area contributed by atoms with Crippen LogP contribution in [-0.4, -0.2) is 47.1 Å². The summed E-state index contributed by atoms with van der Waals surface area (Å²) in [5.41, 5.74) is -0.0475. The molecule has 0 unspecified atom stereocenters. The van der Waals surface area contributed by atoms with Gasteiger partial charge in [0, 0.05) is 29.5 Å². The Bertz CT molecular complexity index is 510. The van der Waals surface area contributed by atoms with E-state index in [9.17, 15) is 4.79 Å². The number of rotatable bonds is 4. The minimum absolute atomic E-state index is 0.0475. The highest BCUT2D eigenvalue weighted by Gasteiger charge is 2.32. The number of nitrogens with zero attached hydrogens (tertiary/aromatic N) is 2. The molecule has 0 aliphatic carbocycles. The van der Waals surface area contributed by atoms with E-state index in [4.69, 9.17) is 9.15 Å². The van der Waals surface area contributed by atoms with Gasteiger partial charge in [-0.05, 0) is 6.92 Å². The molecule has 1 aromatic heterocycles. The minimum Gasteiger partial charge on any atom is -0.469 e. The minimum atomic E-state index is -0.160. The van der Waals surface area contributed by atoms with E-state index in [1.165, 1.54) is 7.11 Å². The molecule has 0 amide bonds. The Morgan fingerprint density at radius 2 is 2.32 bits per heavy atom. The number of oxazole rings is 1. The zero-order chi connectivity index (χ0) is 16.3. The molecule has 1 aromatic rings. The van der Waals surface area contributed by atoms with E-state index >= 15 is 0 Å². The molecule has 1 aliphatic rings. The highest BCUT2D eigenvalue weighted by Crippen LogP contribution is 2.31. The number of ether oxygens (including phenoxy) is 1. The van der Waals surface area contributed by atoms with Crippen molar-refractivity contribution in [2.75, 3.05) is 25.2 Å². The first kappa shape index (κ1) is 17.3. The molecular formula is C16H26N2O3S. The smallest absolute Gasteiger partial charge is 0.307 e. The van der Waals surface area contributed by atoms with Gasteiger partial charge in [-0.3, -0.25) is 9.69 Å². The summed E-state index contributed by atoms with van der Waals surface area (Å²) in [5, 5.41) is 0. The van der Waals surface area contributed by atoms with Crippen LogP contribution in [0.2, 0.25) is 0 Å². The quantitative estimate of drug-likeness (QED) is 0.793. The molecule has 124 valence electrons. The molecule has 2 rings (SSSR count). The van der Waals surface area contributed by atoms with Crippen molar-refractivity contribution in [3.8, 4) is 0 Å². The number of hydrogen-bond donors (Lipinski definition) is 0. The van der Waals surface area contributed by atoms with Gasteiger partial charge in [-0.2, -0.15) is 11.8 Å². The van der Waals surface area contributed by atoms with Crippen LogP contribution in [0.5, 0.6) is 0 Å². The fourth-order valence-electron chi connectivity index (χ4n) is 2.60. The Morgan fingerprint density at radius 1 is 1.59 bits per heavy atom. The van der Waals surface area contributed by atoms with Gasteiger partial charge in [0.2, 0.25) is 5.89 Å². The first-order chi connectivity index (χ1) is 10.3. The molecule has 2 atom stereocenters. The van der Waals surface area contributed by atoms with Crippen LogP contribution >= 0.6 is 11.8 Å². The molecule has 0 spiro atoms. The Hall–Kier alpha value is -1.01. The Balaban J connectivity index is 2.13. The monoisotopic (exact) mass is 326 g/mol. The molecule has 0 aromatic carbocycles. The topological polar surface area (TPSA) is 55.6 Å². The number of carbonyl (C=O) groups excluding carboxylic acids is 1. The van der Waals surface area contributed by atoms with E-state index in [0.29, 0.717) is 6.42 Å². The lowest BCUT2D eigenvalue weighted by Crippen LogP contribution is -2.45. The van der Waals surface area contributed by atoms with Crippen molar-refractivity contribution in [3.05, 3.63) is 17.8 Å². The number of esters is 1. The Kier molecular flexibility index (Phi) is 5.55. The fourth-order valence-corrected chi connectivity index (χ4v) is 3.69. The summed E-state index contributed by atoms with van der Waals surface area (Å²) >= 11 is 1.88. The van der Waals surface area contributed by atoms with Crippen LogP contribution in [0.1, 0.15) is 51.8 Å². The zero-order valence-corrected chi connectivity index (χ0v) is 14.9. The van der Waals surface area contributed by atoms with E-state index in [1.807, 2.05) is 18.0 Å². The summed E-state index contributed by atoms with van der Waals surface area (Å²) in [7, 11) is 1.44. The predicted octanol–water partition coefficient (Wildman–Crippen LogP) is 3.01. The van der Waals surface area contributed by atoms with Crippen LogP contribution in [0.25, 0.3) is 0 Å². The number of carbonyl (C=O) groups is 1. The maximum Gasteiger partial charge on any atom is 0.307 e. The molecule has 22 heavy (non-hydrogen) atoms. The summed E-state index contributed by atoms with van der Waals surface area (Å²) in [6.07, 6.45) is 2.24. The van der Waals surface area contributed by atoms with Gasteiger partial charge >= 0.3 is 5.97 Å². The standard InChI is InChI=1S/C16H26N2O3S/c1-11(15-17-9-13(21-15)16(2,3)4)18-6-7-22-10-12(18)8-14(19)20-5/h9,11-12H,6-8,10H2,1-5H3/t11-,12-/m0/s1. The van der Waals surface area contributed by atoms with Crippen LogP contribution in [0.15, 0.2) is 10.6 Å². The third-order valence-corrected chi connectivity index (χ3v) is 5.11. The van der Waals surface area contributed by atoms with Crippen LogP contribution in [0, 0.1) is 0 Å². The third-order valence-electron chi connectivity index (χ3n) is 4.02. The summed E-state index contributed by atoms with van der Waals surface area (Å²) in [6, 6.07) is 0.234. The molecule has 1 fully saturated rings.